The van der Waals surface area contributed by atoms with Crippen molar-refractivity contribution < 1.29 is 13.5 Å². The number of alkyl halides is 2. The van der Waals surface area contributed by atoms with Crippen LogP contribution in [0.1, 0.15) is 30.5 Å². The smallest absolute Gasteiger partial charge is 0.275 e. The van der Waals surface area contributed by atoms with Gasteiger partial charge in [-0.05, 0) is 50.4 Å². The zero-order valence-corrected chi connectivity index (χ0v) is 16.6. The molecule has 3 atom stereocenters. The SMILES string of the molecule is Cc1cc(N)nc(C[C@H]2CNC[C@H]2OCCNCC(F)(F)C2CCCCN2)c1. The molecule has 0 aromatic carbocycles. The van der Waals surface area contributed by atoms with Gasteiger partial charge in [0.15, 0.2) is 0 Å². The third-order valence-electron chi connectivity index (χ3n) is 5.58. The Morgan fingerprint density at radius 2 is 2.18 bits per heavy atom. The monoisotopic (exact) mass is 397 g/mol. The van der Waals surface area contributed by atoms with Crippen LogP contribution in [0, 0.1) is 12.8 Å². The Hall–Kier alpha value is -1.35. The van der Waals surface area contributed by atoms with Gasteiger partial charge in [-0.3, -0.25) is 0 Å². The Morgan fingerprint density at radius 3 is 2.93 bits per heavy atom. The lowest BCUT2D eigenvalue weighted by Gasteiger charge is -2.31. The van der Waals surface area contributed by atoms with Crippen molar-refractivity contribution in [2.24, 2.45) is 5.92 Å². The van der Waals surface area contributed by atoms with E-state index in [-0.39, 0.29) is 12.6 Å². The minimum atomic E-state index is -2.73. The number of hydrogen-bond donors (Lipinski definition) is 4. The van der Waals surface area contributed by atoms with Crippen LogP contribution in [0.2, 0.25) is 0 Å². The van der Waals surface area contributed by atoms with Crippen LogP contribution in [0.3, 0.4) is 0 Å². The number of aryl methyl sites for hydroxylation is 1. The zero-order valence-electron chi connectivity index (χ0n) is 16.6. The van der Waals surface area contributed by atoms with Gasteiger partial charge in [-0.2, -0.15) is 0 Å². The molecule has 158 valence electrons. The van der Waals surface area contributed by atoms with E-state index < -0.39 is 12.0 Å². The van der Waals surface area contributed by atoms with Crippen molar-refractivity contribution in [2.75, 3.05) is 45.1 Å². The summed E-state index contributed by atoms with van der Waals surface area (Å²) in [5, 5.41) is 9.15. The first-order valence-corrected chi connectivity index (χ1v) is 10.3. The van der Waals surface area contributed by atoms with E-state index in [0.29, 0.717) is 37.9 Å². The van der Waals surface area contributed by atoms with Crippen LogP contribution < -0.4 is 21.7 Å². The first-order valence-electron chi connectivity index (χ1n) is 10.3. The number of nitrogens with one attached hydrogen (secondary N) is 3. The van der Waals surface area contributed by atoms with Gasteiger partial charge in [0.1, 0.15) is 5.82 Å². The lowest BCUT2D eigenvalue weighted by atomic mass is 9.99. The first kappa shape index (κ1) is 21.4. The predicted octanol–water partition coefficient (Wildman–Crippen LogP) is 1.49. The van der Waals surface area contributed by atoms with E-state index in [1.54, 1.807) is 0 Å². The Balaban J connectivity index is 1.38. The van der Waals surface area contributed by atoms with Gasteiger partial charge in [0.2, 0.25) is 0 Å². The van der Waals surface area contributed by atoms with Crippen molar-refractivity contribution in [1.29, 1.82) is 0 Å². The maximum Gasteiger partial charge on any atom is 0.275 e. The highest BCUT2D eigenvalue weighted by Gasteiger charge is 2.39. The van der Waals surface area contributed by atoms with Crippen LogP contribution in [-0.4, -0.2) is 62.4 Å². The molecule has 0 saturated carbocycles. The fourth-order valence-corrected chi connectivity index (χ4v) is 4.12. The van der Waals surface area contributed by atoms with Crippen LogP contribution in [0.4, 0.5) is 14.6 Å². The van der Waals surface area contributed by atoms with Crippen molar-refractivity contribution in [1.82, 2.24) is 20.9 Å². The molecule has 1 unspecified atom stereocenters. The summed E-state index contributed by atoms with van der Waals surface area (Å²) in [7, 11) is 0. The molecule has 3 rings (SSSR count). The highest BCUT2D eigenvalue weighted by molar-refractivity contribution is 5.34. The lowest BCUT2D eigenvalue weighted by molar-refractivity contribution is -0.0448. The van der Waals surface area contributed by atoms with E-state index in [1.807, 2.05) is 13.0 Å². The summed E-state index contributed by atoms with van der Waals surface area (Å²) >= 11 is 0. The van der Waals surface area contributed by atoms with E-state index in [0.717, 1.165) is 43.6 Å². The maximum atomic E-state index is 14.2. The number of pyridine rings is 1. The molecule has 0 amide bonds. The van der Waals surface area contributed by atoms with Crippen molar-refractivity contribution in [3.05, 3.63) is 23.4 Å². The molecule has 2 fully saturated rings. The van der Waals surface area contributed by atoms with Gasteiger partial charge in [-0.15, -0.1) is 0 Å². The lowest BCUT2D eigenvalue weighted by Crippen LogP contribution is -2.52. The van der Waals surface area contributed by atoms with Gasteiger partial charge in [0, 0.05) is 31.2 Å². The Kier molecular flexibility index (Phi) is 7.56. The van der Waals surface area contributed by atoms with E-state index in [4.69, 9.17) is 10.5 Å². The molecule has 0 radical (unpaired) electrons. The molecule has 0 bridgehead atoms. The van der Waals surface area contributed by atoms with Crippen LogP contribution in [-0.2, 0) is 11.2 Å². The average Bonchev–Trinajstić information content (AvgIpc) is 3.08. The van der Waals surface area contributed by atoms with Crippen LogP contribution in [0.25, 0.3) is 0 Å². The molecule has 1 aromatic heterocycles. The van der Waals surface area contributed by atoms with Crippen molar-refractivity contribution in [3.8, 4) is 0 Å². The fourth-order valence-electron chi connectivity index (χ4n) is 4.12. The largest absolute Gasteiger partial charge is 0.384 e. The fraction of sp³-hybridized carbons (Fsp3) is 0.750. The molecule has 6 nitrogen and oxygen atoms in total. The summed E-state index contributed by atoms with van der Waals surface area (Å²) < 4.78 is 34.4. The number of nitrogen functional groups attached to an aromatic ring is 1. The molecule has 2 saturated heterocycles. The quantitative estimate of drug-likeness (QED) is 0.473. The second-order valence-corrected chi connectivity index (χ2v) is 8.03. The molecule has 2 aliphatic rings. The molecule has 28 heavy (non-hydrogen) atoms. The van der Waals surface area contributed by atoms with Crippen molar-refractivity contribution >= 4 is 5.82 Å². The van der Waals surface area contributed by atoms with Crippen LogP contribution in [0.15, 0.2) is 12.1 Å². The van der Waals surface area contributed by atoms with Gasteiger partial charge in [-0.1, -0.05) is 6.42 Å². The number of piperidine rings is 1. The number of nitrogens with zero attached hydrogens (tertiary/aromatic N) is 1. The van der Waals surface area contributed by atoms with E-state index in [1.165, 1.54) is 0 Å². The molecule has 2 aliphatic heterocycles. The van der Waals surface area contributed by atoms with E-state index in [9.17, 15) is 8.78 Å². The zero-order chi connectivity index (χ0) is 20.0. The third-order valence-corrected chi connectivity index (χ3v) is 5.58. The number of nitrogens with two attached hydrogens (primary N) is 1. The number of anilines is 1. The number of ether oxygens (including phenoxy) is 1. The van der Waals surface area contributed by atoms with Gasteiger partial charge >= 0.3 is 0 Å². The number of aromatic nitrogens is 1. The summed E-state index contributed by atoms with van der Waals surface area (Å²) in [6.07, 6.45) is 3.25. The van der Waals surface area contributed by atoms with Crippen molar-refractivity contribution in [3.63, 3.8) is 0 Å². The van der Waals surface area contributed by atoms with Gasteiger partial charge < -0.3 is 26.4 Å². The van der Waals surface area contributed by atoms with Crippen LogP contribution >= 0.6 is 0 Å². The summed E-state index contributed by atoms with van der Waals surface area (Å²) in [6.45, 7) is 4.84. The van der Waals surface area contributed by atoms with Crippen molar-refractivity contribution in [2.45, 2.75) is 50.7 Å². The summed E-state index contributed by atoms with van der Waals surface area (Å²) in [6, 6.07) is 3.19. The molecule has 8 heteroatoms. The molecular formula is C20H33F2N5O. The first-order chi connectivity index (χ1) is 13.4. The molecule has 0 aliphatic carbocycles. The Labute approximate surface area is 166 Å². The molecule has 5 N–H and O–H groups in total. The van der Waals surface area contributed by atoms with Crippen LogP contribution in [0.5, 0.6) is 0 Å². The highest BCUT2D eigenvalue weighted by Crippen LogP contribution is 2.24. The standard InChI is InChI=1S/C20H33F2N5O/c1-14-8-16(27-19(23)9-14)10-15-11-25-12-17(15)28-7-6-24-13-20(21,22)18-4-2-3-5-26-18/h8-9,15,17-18,24-26H,2-7,10-13H2,1H3,(H2,23,27)/t15-,17+,18?/m0/s1. The minimum Gasteiger partial charge on any atom is -0.384 e. The van der Waals surface area contributed by atoms with E-state index >= 15 is 0 Å². The second-order valence-electron chi connectivity index (χ2n) is 8.03. The van der Waals surface area contributed by atoms with E-state index in [2.05, 4.69) is 27.0 Å². The van der Waals surface area contributed by atoms with Gasteiger partial charge in [0.05, 0.1) is 25.3 Å². The summed E-state index contributed by atoms with van der Waals surface area (Å²) in [5.41, 5.74) is 7.91. The second kappa shape index (κ2) is 9.91. The highest BCUT2D eigenvalue weighted by atomic mass is 19.3. The maximum absolute atomic E-state index is 14.2. The average molecular weight is 398 g/mol. The molecule has 0 spiro atoms. The summed E-state index contributed by atoms with van der Waals surface area (Å²) in [5.74, 6) is -1.88. The number of hydrogen-bond acceptors (Lipinski definition) is 6. The Bertz CT molecular complexity index is 604. The van der Waals surface area contributed by atoms with Gasteiger partial charge in [0.25, 0.3) is 5.92 Å². The Morgan fingerprint density at radius 1 is 1.32 bits per heavy atom. The predicted molar refractivity (Wildman–Crippen MR) is 107 cm³/mol. The molecular weight excluding hydrogens is 364 g/mol. The topological polar surface area (TPSA) is 84.2 Å². The molecule has 3 heterocycles. The minimum absolute atomic E-state index is 0.0610. The number of halogens is 2. The summed E-state index contributed by atoms with van der Waals surface area (Å²) in [4.78, 5) is 4.41. The third kappa shape index (κ3) is 6.07. The normalized spacial score (nSPS) is 25.9. The van der Waals surface area contributed by atoms with Gasteiger partial charge in [-0.25, -0.2) is 13.8 Å². The number of rotatable bonds is 9. The molecule has 1 aromatic rings.